The van der Waals surface area contributed by atoms with Gasteiger partial charge in [-0.3, -0.25) is 4.98 Å². The van der Waals surface area contributed by atoms with Gasteiger partial charge in [-0.2, -0.15) is 0 Å². The van der Waals surface area contributed by atoms with Crippen molar-refractivity contribution in [3.63, 3.8) is 0 Å². The van der Waals surface area contributed by atoms with E-state index in [1.807, 2.05) is 18.3 Å². The number of benzene rings is 1. The minimum absolute atomic E-state index is 0.0123. The van der Waals surface area contributed by atoms with Crippen molar-refractivity contribution in [2.45, 2.75) is 25.3 Å². The number of nitrogens with two attached hydrogens (primary N) is 1. The molecule has 0 spiro atoms. The number of hydrogen-bond donors (Lipinski definition) is 1. The highest BCUT2D eigenvalue weighted by Crippen LogP contribution is 2.20. The molecule has 1 aromatic carbocycles. The summed E-state index contributed by atoms with van der Waals surface area (Å²) >= 11 is 3.42. The van der Waals surface area contributed by atoms with Gasteiger partial charge in [-0.1, -0.05) is 22.0 Å². The zero-order chi connectivity index (χ0) is 13.7. The first-order valence-corrected chi connectivity index (χ1v) is 7.03. The van der Waals surface area contributed by atoms with Crippen LogP contribution in [0.25, 0.3) is 0 Å². The number of halogens is 2. The molecule has 100 valence electrons. The van der Waals surface area contributed by atoms with Crippen LogP contribution in [-0.4, -0.2) is 11.0 Å². The van der Waals surface area contributed by atoms with Crippen LogP contribution in [0.1, 0.15) is 17.5 Å². The molecule has 0 aliphatic heterocycles. The molecule has 0 amide bonds. The summed E-state index contributed by atoms with van der Waals surface area (Å²) < 4.78 is 14.1. The summed E-state index contributed by atoms with van der Waals surface area (Å²) in [6.07, 6.45) is 6.02. The van der Waals surface area contributed by atoms with E-state index in [0.717, 1.165) is 22.9 Å². The van der Waals surface area contributed by atoms with Gasteiger partial charge in [0, 0.05) is 22.9 Å². The molecule has 4 heteroatoms. The molecule has 2 N–H and O–H groups in total. The third-order valence-corrected chi connectivity index (χ3v) is 3.79. The molecule has 2 rings (SSSR count). The Kier molecular flexibility index (Phi) is 5.05. The van der Waals surface area contributed by atoms with Crippen LogP contribution < -0.4 is 5.73 Å². The van der Waals surface area contributed by atoms with Crippen LogP contribution in [0.2, 0.25) is 0 Å². The van der Waals surface area contributed by atoms with Crippen LogP contribution in [0, 0.1) is 5.82 Å². The van der Waals surface area contributed by atoms with Crippen molar-refractivity contribution in [3.05, 3.63) is 64.1 Å². The van der Waals surface area contributed by atoms with Gasteiger partial charge in [-0.15, -0.1) is 0 Å². The van der Waals surface area contributed by atoms with E-state index in [4.69, 9.17) is 5.73 Å². The third kappa shape index (κ3) is 4.40. The summed E-state index contributed by atoms with van der Waals surface area (Å²) in [5.74, 6) is -0.224. The maximum Gasteiger partial charge on any atom is 0.123 e. The van der Waals surface area contributed by atoms with Gasteiger partial charge in [0.15, 0.2) is 0 Å². The molecule has 0 fully saturated rings. The zero-order valence-electron chi connectivity index (χ0n) is 10.5. The predicted molar refractivity (Wildman–Crippen MR) is 78.3 cm³/mol. The zero-order valence-corrected chi connectivity index (χ0v) is 12.1. The van der Waals surface area contributed by atoms with E-state index >= 15 is 0 Å². The number of nitrogens with zero attached hydrogens (tertiary/aromatic N) is 1. The van der Waals surface area contributed by atoms with E-state index in [1.54, 1.807) is 12.3 Å². The van der Waals surface area contributed by atoms with Crippen molar-refractivity contribution in [2.75, 3.05) is 0 Å². The number of pyridine rings is 1. The van der Waals surface area contributed by atoms with Crippen LogP contribution in [0.15, 0.2) is 47.2 Å². The Morgan fingerprint density at radius 2 is 2.16 bits per heavy atom. The molecule has 1 unspecified atom stereocenters. The van der Waals surface area contributed by atoms with Crippen LogP contribution in [0.3, 0.4) is 0 Å². The van der Waals surface area contributed by atoms with E-state index in [0.29, 0.717) is 6.42 Å². The molecule has 2 nitrogen and oxygen atoms in total. The molecule has 19 heavy (non-hydrogen) atoms. The van der Waals surface area contributed by atoms with Crippen molar-refractivity contribution in [3.8, 4) is 0 Å². The first kappa shape index (κ1) is 14.2. The largest absolute Gasteiger partial charge is 0.327 e. The van der Waals surface area contributed by atoms with Gasteiger partial charge in [0.05, 0.1) is 0 Å². The highest BCUT2D eigenvalue weighted by molar-refractivity contribution is 9.10. The molecule has 2 aromatic rings. The smallest absolute Gasteiger partial charge is 0.123 e. The van der Waals surface area contributed by atoms with Gasteiger partial charge < -0.3 is 5.73 Å². The van der Waals surface area contributed by atoms with Crippen molar-refractivity contribution >= 4 is 15.9 Å². The van der Waals surface area contributed by atoms with Crippen molar-refractivity contribution in [2.24, 2.45) is 5.73 Å². The quantitative estimate of drug-likeness (QED) is 0.915. The van der Waals surface area contributed by atoms with E-state index in [2.05, 4.69) is 20.9 Å². The standard InChI is InChI=1S/C15H16BrFN2/c16-15-6-4-13(17)8-12(15)9-14(18)5-3-11-2-1-7-19-10-11/h1-2,4,6-8,10,14H,3,5,9,18H2. The second-order valence-electron chi connectivity index (χ2n) is 4.60. The Balaban J connectivity index is 1.90. The summed E-state index contributed by atoms with van der Waals surface area (Å²) in [4.78, 5) is 4.07. The topological polar surface area (TPSA) is 38.9 Å². The Bertz CT molecular complexity index is 531. The van der Waals surface area contributed by atoms with Gasteiger partial charge >= 0.3 is 0 Å². The molecule has 0 bridgehead atoms. The molecular weight excluding hydrogens is 307 g/mol. The Morgan fingerprint density at radius 1 is 1.32 bits per heavy atom. The maximum absolute atomic E-state index is 13.2. The lowest BCUT2D eigenvalue weighted by Gasteiger charge is -2.13. The molecule has 0 saturated carbocycles. The average Bonchev–Trinajstić information content (AvgIpc) is 2.42. The van der Waals surface area contributed by atoms with Crippen LogP contribution in [0.4, 0.5) is 4.39 Å². The van der Waals surface area contributed by atoms with Gasteiger partial charge in [0.25, 0.3) is 0 Å². The summed E-state index contributed by atoms with van der Waals surface area (Å²) in [6, 6.07) is 8.67. The molecule has 1 aromatic heterocycles. The Morgan fingerprint density at radius 3 is 2.89 bits per heavy atom. The second-order valence-corrected chi connectivity index (χ2v) is 5.45. The van der Waals surface area contributed by atoms with E-state index in [-0.39, 0.29) is 11.9 Å². The second kappa shape index (κ2) is 6.78. The molecule has 1 heterocycles. The van der Waals surface area contributed by atoms with Crippen molar-refractivity contribution in [1.29, 1.82) is 0 Å². The maximum atomic E-state index is 13.2. The summed E-state index contributed by atoms with van der Waals surface area (Å²) in [5.41, 5.74) is 8.20. The molecule has 0 aliphatic carbocycles. The lowest BCUT2D eigenvalue weighted by Crippen LogP contribution is -2.23. The lowest BCUT2D eigenvalue weighted by atomic mass is 10.0. The monoisotopic (exact) mass is 322 g/mol. The minimum Gasteiger partial charge on any atom is -0.327 e. The number of aryl methyl sites for hydroxylation is 1. The summed E-state index contributed by atoms with van der Waals surface area (Å²) in [6.45, 7) is 0. The molecule has 0 aliphatic rings. The first-order valence-electron chi connectivity index (χ1n) is 6.23. The molecule has 0 saturated heterocycles. The first-order chi connectivity index (χ1) is 9.15. The van der Waals surface area contributed by atoms with E-state index < -0.39 is 0 Å². The lowest BCUT2D eigenvalue weighted by molar-refractivity contribution is 0.597. The fourth-order valence-corrected chi connectivity index (χ4v) is 2.39. The van der Waals surface area contributed by atoms with Crippen LogP contribution in [0.5, 0.6) is 0 Å². The van der Waals surface area contributed by atoms with Gasteiger partial charge in [-0.05, 0) is 54.7 Å². The fraction of sp³-hybridized carbons (Fsp3) is 0.267. The van der Waals surface area contributed by atoms with Crippen molar-refractivity contribution in [1.82, 2.24) is 4.98 Å². The number of hydrogen-bond acceptors (Lipinski definition) is 2. The average molecular weight is 323 g/mol. The van der Waals surface area contributed by atoms with Crippen LogP contribution >= 0.6 is 15.9 Å². The van der Waals surface area contributed by atoms with E-state index in [9.17, 15) is 4.39 Å². The highest BCUT2D eigenvalue weighted by Gasteiger charge is 2.08. The highest BCUT2D eigenvalue weighted by atomic mass is 79.9. The fourth-order valence-electron chi connectivity index (χ4n) is 1.98. The molecule has 0 radical (unpaired) electrons. The summed E-state index contributed by atoms with van der Waals surface area (Å²) in [7, 11) is 0. The third-order valence-electron chi connectivity index (χ3n) is 3.02. The number of rotatable bonds is 5. The molecule has 1 atom stereocenters. The molecular formula is C15H16BrFN2. The van der Waals surface area contributed by atoms with Gasteiger partial charge in [-0.25, -0.2) is 4.39 Å². The van der Waals surface area contributed by atoms with Crippen molar-refractivity contribution < 1.29 is 4.39 Å². The summed E-state index contributed by atoms with van der Waals surface area (Å²) in [5, 5.41) is 0. The predicted octanol–water partition coefficient (Wildman–Crippen LogP) is 3.49. The van der Waals surface area contributed by atoms with Crippen LogP contribution in [-0.2, 0) is 12.8 Å². The SMILES string of the molecule is NC(CCc1cccnc1)Cc1cc(F)ccc1Br. The normalized spacial score (nSPS) is 12.4. The Labute approximate surface area is 121 Å². The van der Waals surface area contributed by atoms with Gasteiger partial charge in [0.1, 0.15) is 5.82 Å². The van der Waals surface area contributed by atoms with E-state index in [1.165, 1.54) is 17.7 Å². The number of aromatic nitrogens is 1. The van der Waals surface area contributed by atoms with Gasteiger partial charge in [0.2, 0.25) is 0 Å². The minimum atomic E-state index is -0.224. The Hall–Kier alpha value is -1.26.